The number of carbonyl (C=O) groups excluding carboxylic acids is 4. The lowest BCUT2D eigenvalue weighted by atomic mass is 10.0. The lowest BCUT2D eigenvalue weighted by Crippen LogP contribution is -2.37. The second-order valence-corrected chi connectivity index (χ2v) is 48.1. The van der Waals surface area contributed by atoms with Crippen molar-refractivity contribution in [1.82, 2.24) is 42.1 Å². The predicted molar refractivity (Wildman–Crippen MR) is 575 cm³/mol. The molecule has 20 rings (SSSR count). The van der Waals surface area contributed by atoms with Gasteiger partial charge in [0.05, 0.1) is 79.9 Å². The van der Waals surface area contributed by atoms with Crippen LogP contribution in [-0.4, -0.2) is 152 Å². The number of hydrogen-bond acceptors (Lipinski definition) is 27. The minimum absolute atomic E-state index is 0.0851. The second-order valence-electron chi connectivity index (χ2n) is 32.0. The van der Waals surface area contributed by atoms with Crippen molar-refractivity contribution in [3.63, 3.8) is 0 Å². The molecular weight excluding hydrogens is 2200 g/mol. The second kappa shape index (κ2) is 44.4. The molecule has 8 amide bonds. The number of rotatable bonds is 22. The van der Waals surface area contributed by atoms with E-state index in [1.54, 1.807) is 79.4 Å². The summed E-state index contributed by atoms with van der Waals surface area (Å²) >= 11 is 52.1. The highest BCUT2D eigenvalue weighted by molar-refractivity contribution is 7.93. The maximum Gasteiger partial charge on any atom is 0.333 e. The number of hydrogen-bond donors (Lipinski definition) is 11. The van der Waals surface area contributed by atoms with Crippen molar-refractivity contribution in [1.29, 1.82) is 0 Å². The zero-order valence-corrected chi connectivity index (χ0v) is 87.0. The first-order valence-corrected chi connectivity index (χ1v) is 55.5. The van der Waals surface area contributed by atoms with Crippen LogP contribution in [0.1, 0.15) is 23.1 Å². The molecule has 748 valence electrons. The van der Waals surface area contributed by atoms with Crippen molar-refractivity contribution < 1.29 is 62.3 Å². The summed E-state index contributed by atoms with van der Waals surface area (Å²) < 4.78 is 123. The van der Waals surface area contributed by atoms with Gasteiger partial charge in [0.25, 0.3) is 62.3 Å². The van der Waals surface area contributed by atoms with E-state index in [4.69, 9.17) is 102 Å². The van der Waals surface area contributed by atoms with Gasteiger partial charge in [0.15, 0.2) is 0 Å². The normalized spacial score (nSPS) is 13.4. The number of thiophene rings is 4. The number of amides is 8. The van der Waals surface area contributed by atoms with Crippen LogP contribution in [0.15, 0.2) is 272 Å². The van der Waals surface area contributed by atoms with Crippen LogP contribution < -0.4 is 78.3 Å². The Labute approximate surface area is 880 Å². The van der Waals surface area contributed by atoms with E-state index in [1.165, 1.54) is 115 Å². The highest BCUT2D eigenvalue weighted by Gasteiger charge is 2.28. The molecule has 51 heteroatoms. The zero-order chi connectivity index (χ0) is 103. The zero-order valence-electron chi connectivity index (χ0n) is 74.5. The standard InChI is InChI=1S/C27H27Cl2N5O5S2.C23H16Cl2N4O5S2.2C22H16Cl2N4O4S2/c28-22-17-20(31-27(36)32-41(37,38)25-7-6-24(29)40-25)3-5-23(22)34-11-8-18-16-19(2-4-21(18)26(34)35)30-9-1-10-33-12-14-39-15-13-33;24-17-12-15(27-23(31)28-36(32,33)20-6-5-19(25)35-20)2-4-18(17)29-9-7-13-11-14(21-26-8-10-34-21)1-3-16(13)22(29)30;23-16-11-12(26-22(30)27-34(31,32)20-6-5-19(24)33-20)1-4-18(16)28-10-8-13-14-7-9-25-17(14)3-2-15(13)21(28)29;23-16-11-14(26-22(30)27-34(31,32)20-4-3-19(24)33-20)1-2-18(16)28-8-6-12-10-17-13(5-7-25-17)9-15(12)21(28)29/h2-8,11,16-17,30H,1,9-10,12-15H2,(H2,31,32,36);1-7,9,11-12H,8,10H2,(H2,27,28,31);1-6,8,10-11,25H,7,9H2,(H2,26,27,30);1-4,6,8-11,25H,5,7H2,(H2,26,27,30). The molecule has 4 aliphatic rings. The van der Waals surface area contributed by atoms with Gasteiger partial charge in [0.1, 0.15) is 23.4 Å². The molecule has 0 saturated carbocycles. The average Bonchev–Trinajstić information content (AvgIpc) is 1.74. The predicted octanol–water partition coefficient (Wildman–Crippen LogP) is 19.3. The quantitative estimate of drug-likeness (QED) is 0.0281. The van der Waals surface area contributed by atoms with E-state index in [2.05, 4.69) is 47.1 Å². The molecule has 0 bridgehead atoms. The fraction of sp³-hybridized carbons (Fsp3) is 0.138. The summed E-state index contributed by atoms with van der Waals surface area (Å²) in [6.45, 7) is 8.19. The SMILES string of the molecule is O=C(Nc1ccc(-n2ccc3c4c(ccc3c2=O)NCC4)c(Cl)c1)NS(=O)(=O)c1ccc(Cl)s1.O=C(Nc1ccc(-n2ccc3cc(C4=NCCO4)ccc3c2=O)c(Cl)c1)NS(=O)(=O)c1ccc(Cl)s1.O=C(Nc1ccc(-n2ccc3cc(NCCCN4CCOCC4)ccc3c2=O)c(Cl)c1)NS(=O)(=O)c1ccc(Cl)s1.O=C(Nc1ccc(-n2ccc3cc4c(cc3c2=O)CCN4)c(Cl)c1)NS(=O)(=O)c1ccc(Cl)s1. The Morgan fingerprint density at radius 1 is 0.372 bits per heavy atom. The Kier molecular flexibility index (Phi) is 31.8. The van der Waals surface area contributed by atoms with Gasteiger partial charge < -0.3 is 46.7 Å². The van der Waals surface area contributed by atoms with Gasteiger partial charge in [0, 0.05) is 124 Å². The molecule has 35 nitrogen and oxygen atoms in total. The first-order valence-electron chi connectivity index (χ1n) is 43.3. The Bertz CT molecular complexity index is 8540. The van der Waals surface area contributed by atoms with Gasteiger partial charge >= 0.3 is 24.1 Å². The maximum atomic E-state index is 13.3. The Balaban J connectivity index is 0.000000133. The number of benzene rings is 8. The Morgan fingerprint density at radius 2 is 0.752 bits per heavy atom. The number of nitrogens with one attached hydrogen (secondary N) is 11. The summed E-state index contributed by atoms with van der Waals surface area (Å²) in [4.78, 5) is 109. The van der Waals surface area contributed by atoms with Gasteiger partial charge in [0.2, 0.25) is 5.90 Å². The van der Waals surface area contributed by atoms with Crippen molar-refractivity contribution >= 4 is 291 Å². The highest BCUT2D eigenvalue weighted by atomic mass is 35.5. The lowest BCUT2D eigenvalue weighted by molar-refractivity contribution is 0.0378. The smallest absolute Gasteiger partial charge is 0.333 e. The Hall–Kier alpha value is -12.6. The van der Waals surface area contributed by atoms with Crippen LogP contribution in [0.5, 0.6) is 0 Å². The molecule has 16 aromatic rings. The molecule has 145 heavy (non-hydrogen) atoms. The van der Waals surface area contributed by atoms with Gasteiger partial charge in [-0.25, -0.2) is 76.7 Å². The third-order valence-corrected chi connectivity index (χ3v) is 35.9. The number of urea groups is 4. The summed E-state index contributed by atoms with van der Waals surface area (Å²) in [5, 5.41) is 26.0. The van der Waals surface area contributed by atoms with E-state index in [0.29, 0.717) is 63.3 Å². The van der Waals surface area contributed by atoms with E-state index < -0.39 is 64.2 Å². The van der Waals surface area contributed by atoms with Gasteiger partial charge in [-0.1, -0.05) is 92.8 Å². The molecule has 1 saturated heterocycles. The van der Waals surface area contributed by atoms with Crippen LogP contribution in [-0.2, 0) is 62.4 Å². The van der Waals surface area contributed by atoms with Gasteiger partial charge in [-0.2, -0.15) is 0 Å². The van der Waals surface area contributed by atoms with Crippen LogP contribution in [0.3, 0.4) is 0 Å². The number of carbonyl (C=O) groups is 4. The number of pyridine rings is 4. The third-order valence-electron chi connectivity index (χ3n) is 22.5. The summed E-state index contributed by atoms with van der Waals surface area (Å²) in [5.41, 5.74) is 7.73. The summed E-state index contributed by atoms with van der Waals surface area (Å²) in [6, 6.07) is 51.0. The number of sulfonamides is 4. The molecule has 4 aliphatic heterocycles. The maximum absolute atomic E-state index is 13.3. The van der Waals surface area contributed by atoms with Crippen LogP contribution in [0, 0.1) is 0 Å². The molecule has 0 radical (unpaired) electrons. The number of aliphatic imine (C=N–C) groups is 1. The van der Waals surface area contributed by atoms with Crippen LogP contribution in [0.25, 0.3) is 65.8 Å². The minimum Gasteiger partial charge on any atom is -0.476 e. The molecule has 0 aliphatic carbocycles. The number of morpholine rings is 1. The molecule has 0 unspecified atom stereocenters. The minimum atomic E-state index is -4.08. The third kappa shape index (κ3) is 24.4. The topological polar surface area (TPSA) is 459 Å². The van der Waals surface area contributed by atoms with Crippen molar-refractivity contribution in [2.24, 2.45) is 4.99 Å². The Morgan fingerprint density at radius 3 is 1.17 bits per heavy atom. The number of aromatic nitrogens is 4. The summed E-state index contributed by atoms with van der Waals surface area (Å²) in [7, 11) is -16.3. The van der Waals surface area contributed by atoms with Gasteiger partial charge in [-0.05, 0) is 265 Å². The molecule has 0 spiro atoms. The van der Waals surface area contributed by atoms with E-state index >= 15 is 0 Å². The number of anilines is 7. The molecule has 12 heterocycles. The summed E-state index contributed by atoms with van der Waals surface area (Å²) in [5.74, 6) is 0.559. The number of halogens is 8. The number of fused-ring (bicyclic) bond motifs is 7. The van der Waals surface area contributed by atoms with Crippen LogP contribution in [0.4, 0.5) is 59.0 Å². The summed E-state index contributed by atoms with van der Waals surface area (Å²) in [6.07, 6.45) is 9.28. The first-order chi connectivity index (χ1) is 69.3. The van der Waals surface area contributed by atoms with E-state index in [9.17, 15) is 72.0 Å². The first kappa shape index (κ1) is 104. The van der Waals surface area contributed by atoms with Crippen molar-refractivity contribution in [3.8, 4) is 22.7 Å². The molecule has 11 N–H and O–H groups in total. The van der Waals surface area contributed by atoms with E-state index in [-0.39, 0.29) is 99.3 Å². The van der Waals surface area contributed by atoms with Gasteiger partial charge in [-0.3, -0.25) is 42.3 Å². The molecule has 1 fully saturated rings. The largest absolute Gasteiger partial charge is 0.476 e. The fourth-order valence-electron chi connectivity index (χ4n) is 15.8. The monoisotopic (exact) mass is 2270 g/mol. The molecular formula is C94H75Cl8N17O18S8. The average molecular weight is 2270 g/mol. The molecule has 8 aromatic heterocycles. The van der Waals surface area contributed by atoms with Crippen LogP contribution >= 0.6 is 138 Å². The number of ether oxygens (including phenoxy) is 2. The highest BCUT2D eigenvalue weighted by Crippen LogP contribution is 2.37. The van der Waals surface area contributed by atoms with E-state index in [0.717, 1.165) is 172 Å². The van der Waals surface area contributed by atoms with Gasteiger partial charge in [-0.15, -0.1) is 45.3 Å². The fourth-order valence-corrected chi connectivity index (χ4v) is 26.4. The molecule has 8 aromatic carbocycles. The van der Waals surface area contributed by atoms with Crippen molar-refractivity contribution in [3.05, 3.63) is 327 Å². The van der Waals surface area contributed by atoms with Crippen molar-refractivity contribution in [2.45, 2.75) is 36.1 Å². The molecule has 0 atom stereocenters. The van der Waals surface area contributed by atoms with Crippen molar-refractivity contribution in [2.75, 3.05) is 103 Å². The van der Waals surface area contributed by atoms with Crippen LogP contribution in [0.2, 0.25) is 37.4 Å². The lowest BCUT2D eigenvalue weighted by Gasteiger charge is -2.26. The van der Waals surface area contributed by atoms with E-state index in [1.807, 2.05) is 73.5 Å². The number of nitrogens with zero attached hydrogens (tertiary/aromatic N) is 6.